The second kappa shape index (κ2) is 5.57. The Kier molecular flexibility index (Phi) is 3.62. The molecule has 0 aliphatic carbocycles. The van der Waals surface area contributed by atoms with Crippen molar-refractivity contribution in [2.45, 2.75) is 33.0 Å². The summed E-state index contributed by atoms with van der Waals surface area (Å²) in [5.74, 6) is 2.11. The van der Waals surface area contributed by atoms with Crippen LogP contribution in [0.5, 0.6) is 5.75 Å². The number of nitrogens with two attached hydrogens (primary N) is 1. The summed E-state index contributed by atoms with van der Waals surface area (Å²) in [6.07, 6.45) is 1.54. The molecule has 0 unspecified atom stereocenters. The molecule has 0 bridgehead atoms. The molecule has 110 valence electrons. The third-order valence-corrected chi connectivity index (χ3v) is 3.29. The minimum atomic E-state index is 0.237. The van der Waals surface area contributed by atoms with Crippen LogP contribution in [0.2, 0.25) is 0 Å². The maximum absolute atomic E-state index is 5.92. The molecule has 2 heterocycles. The Labute approximate surface area is 122 Å². The standard InChI is InChI=1S/C15H18N4O2/c1-10(2)19-14(17-9-18-19)8-20-15-11-5-3-4-6-12(11)21-13(15)7-16/h3-6,9-10H,7-8,16H2,1-2H3. The number of ether oxygens (including phenoxy) is 1. The summed E-state index contributed by atoms with van der Waals surface area (Å²) in [6, 6.07) is 7.96. The van der Waals surface area contributed by atoms with Crippen molar-refractivity contribution in [3.63, 3.8) is 0 Å². The minimum Gasteiger partial charge on any atom is -0.481 e. The number of fused-ring (bicyclic) bond motifs is 1. The van der Waals surface area contributed by atoms with Crippen LogP contribution in [0.25, 0.3) is 11.0 Å². The Balaban J connectivity index is 1.89. The number of nitrogens with zero attached hydrogens (tertiary/aromatic N) is 3. The molecule has 6 heteroatoms. The van der Waals surface area contributed by atoms with Crippen molar-refractivity contribution in [2.75, 3.05) is 0 Å². The van der Waals surface area contributed by atoms with Crippen LogP contribution in [0.1, 0.15) is 31.5 Å². The van der Waals surface area contributed by atoms with Crippen LogP contribution in [0.15, 0.2) is 35.0 Å². The van der Waals surface area contributed by atoms with E-state index in [0.717, 1.165) is 16.8 Å². The minimum absolute atomic E-state index is 0.237. The van der Waals surface area contributed by atoms with E-state index >= 15 is 0 Å². The predicted molar refractivity (Wildman–Crippen MR) is 78.8 cm³/mol. The van der Waals surface area contributed by atoms with E-state index in [-0.39, 0.29) is 6.04 Å². The van der Waals surface area contributed by atoms with Crippen molar-refractivity contribution < 1.29 is 9.15 Å². The zero-order chi connectivity index (χ0) is 14.8. The summed E-state index contributed by atoms with van der Waals surface area (Å²) >= 11 is 0. The largest absolute Gasteiger partial charge is 0.481 e. The van der Waals surface area contributed by atoms with Gasteiger partial charge in [0.25, 0.3) is 0 Å². The van der Waals surface area contributed by atoms with Crippen molar-refractivity contribution in [2.24, 2.45) is 5.73 Å². The molecule has 0 saturated carbocycles. The Morgan fingerprint density at radius 2 is 2.14 bits per heavy atom. The van der Waals surface area contributed by atoms with E-state index in [1.165, 1.54) is 6.33 Å². The topological polar surface area (TPSA) is 79.1 Å². The zero-order valence-corrected chi connectivity index (χ0v) is 12.1. The molecule has 0 aliphatic heterocycles. The van der Waals surface area contributed by atoms with Gasteiger partial charge in [0.05, 0.1) is 11.9 Å². The highest BCUT2D eigenvalue weighted by Crippen LogP contribution is 2.33. The summed E-state index contributed by atoms with van der Waals surface area (Å²) in [5, 5.41) is 5.12. The van der Waals surface area contributed by atoms with Gasteiger partial charge in [0.2, 0.25) is 0 Å². The number of para-hydroxylation sites is 1. The fourth-order valence-electron chi connectivity index (χ4n) is 2.31. The van der Waals surface area contributed by atoms with Crippen molar-refractivity contribution in [1.82, 2.24) is 14.8 Å². The molecule has 6 nitrogen and oxygen atoms in total. The van der Waals surface area contributed by atoms with Crippen LogP contribution in [0, 0.1) is 0 Å². The van der Waals surface area contributed by atoms with E-state index in [1.54, 1.807) is 0 Å². The van der Waals surface area contributed by atoms with Crippen LogP contribution in [-0.4, -0.2) is 14.8 Å². The molecule has 0 atom stereocenters. The summed E-state index contributed by atoms with van der Waals surface area (Å²) < 4.78 is 13.5. The first kappa shape index (κ1) is 13.6. The van der Waals surface area contributed by atoms with Crippen LogP contribution in [0.4, 0.5) is 0 Å². The number of furan rings is 1. The Bertz CT molecular complexity index is 745. The average Bonchev–Trinajstić information content (AvgIpc) is 3.09. The summed E-state index contributed by atoms with van der Waals surface area (Å²) in [7, 11) is 0. The lowest BCUT2D eigenvalue weighted by Crippen LogP contribution is -2.11. The van der Waals surface area contributed by atoms with Gasteiger partial charge in [0.15, 0.2) is 17.3 Å². The van der Waals surface area contributed by atoms with Crippen LogP contribution in [-0.2, 0) is 13.2 Å². The van der Waals surface area contributed by atoms with Gasteiger partial charge < -0.3 is 14.9 Å². The maximum atomic E-state index is 5.92. The molecular formula is C15H18N4O2. The molecule has 0 fully saturated rings. The van der Waals surface area contributed by atoms with Crippen molar-refractivity contribution in [3.05, 3.63) is 42.2 Å². The Morgan fingerprint density at radius 1 is 1.33 bits per heavy atom. The zero-order valence-electron chi connectivity index (χ0n) is 12.1. The first-order valence-corrected chi connectivity index (χ1v) is 6.92. The van der Waals surface area contributed by atoms with Crippen molar-refractivity contribution in [1.29, 1.82) is 0 Å². The molecule has 3 rings (SSSR count). The van der Waals surface area contributed by atoms with E-state index in [1.807, 2.05) is 28.9 Å². The molecule has 0 amide bonds. The van der Waals surface area contributed by atoms with E-state index in [2.05, 4.69) is 23.9 Å². The van der Waals surface area contributed by atoms with E-state index < -0.39 is 0 Å². The fourth-order valence-corrected chi connectivity index (χ4v) is 2.31. The third-order valence-electron chi connectivity index (χ3n) is 3.29. The van der Waals surface area contributed by atoms with Gasteiger partial charge in [-0.05, 0) is 26.0 Å². The smallest absolute Gasteiger partial charge is 0.170 e. The molecule has 0 radical (unpaired) electrons. The molecule has 0 spiro atoms. The van der Waals surface area contributed by atoms with Gasteiger partial charge >= 0.3 is 0 Å². The molecule has 3 aromatic rings. The van der Waals surface area contributed by atoms with Gasteiger partial charge in [-0.1, -0.05) is 12.1 Å². The fraction of sp³-hybridized carbons (Fsp3) is 0.333. The maximum Gasteiger partial charge on any atom is 0.170 e. The van der Waals surface area contributed by atoms with Gasteiger partial charge in [-0.3, -0.25) is 0 Å². The monoisotopic (exact) mass is 286 g/mol. The Morgan fingerprint density at radius 3 is 2.90 bits per heavy atom. The Hall–Kier alpha value is -2.34. The van der Waals surface area contributed by atoms with Crippen LogP contribution >= 0.6 is 0 Å². The lowest BCUT2D eigenvalue weighted by molar-refractivity contribution is 0.277. The molecule has 1 aromatic carbocycles. The highest BCUT2D eigenvalue weighted by Gasteiger charge is 2.16. The lowest BCUT2D eigenvalue weighted by atomic mass is 10.2. The number of hydrogen-bond acceptors (Lipinski definition) is 5. The summed E-state index contributed by atoms with van der Waals surface area (Å²) in [5.41, 5.74) is 6.51. The SMILES string of the molecule is CC(C)n1ncnc1COc1c(CN)oc2ccccc12. The van der Waals surface area contributed by atoms with E-state index in [4.69, 9.17) is 14.9 Å². The summed E-state index contributed by atoms with van der Waals surface area (Å²) in [6.45, 7) is 4.73. The molecule has 2 aromatic heterocycles. The second-order valence-electron chi connectivity index (χ2n) is 5.06. The normalized spacial score (nSPS) is 11.4. The third kappa shape index (κ3) is 2.50. The number of hydrogen-bond donors (Lipinski definition) is 1. The predicted octanol–water partition coefficient (Wildman–Crippen LogP) is 2.64. The van der Waals surface area contributed by atoms with Gasteiger partial charge in [0, 0.05) is 6.04 Å². The lowest BCUT2D eigenvalue weighted by Gasteiger charge is -2.10. The van der Waals surface area contributed by atoms with Crippen molar-refractivity contribution >= 4 is 11.0 Å². The van der Waals surface area contributed by atoms with Gasteiger partial charge in [-0.2, -0.15) is 5.10 Å². The molecule has 0 aliphatic rings. The van der Waals surface area contributed by atoms with Gasteiger partial charge in [0.1, 0.15) is 18.5 Å². The molecule has 2 N–H and O–H groups in total. The molecule has 21 heavy (non-hydrogen) atoms. The summed E-state index contributed by atoms with van der Waals surface area (Å²) in [4.78, 5) is 4.24. The van der Waals surface area contributed by atoms with Crippen LogP contribution < -0.4 is 10.5 Å². The quantitative estimate of drug-likeness (QED) is 0.780. The molecule has 0 saturated heterocycles. The van der Waals surface area contributed by atoms with E-state index in [9.17, 15) is 0 Å². The van der Waals surface area contributed by atoms with Crippen molar-refractivity contribution in [3.8, 4) is 5.75 Å². The van der Waals surface area contributed by atoms with Crippen LogP contribution in [0.3, 0.4) is 0 Å². The van der Waals surface area contributed by atoms with Gasteiger partial charge in [-0.25, -0.2) is 9.67 Å². The average molecular weight is 286 g/mol. The first-order valence-electron chi connectivity index (χ1n) is 6.92. The number of aromatic nitrogens is 3. The number of rotatable bonds is 5. The highest BCUT2D eigenvalue weighted by molar-refractivity contribution is 5.85. The first-order chi connectivity index (χ1) is 10.2. The number of benzene rings is 1. The van der Waals surface area contributed by atoms with Gasteiger partial charge in [-0.15, -0.1) is 0 Å². The highest BCUT2D eigenvalue weighted by atomic mass is 16.5. The van der Waals surface area contributed by atoms with E-state index in [0.29, 0.717) is 24.7 Å². The molecular weight excluding hydrogens is 268 g/mol. The second-order valence-corrected chi connectivity index (χ2v) is 5.06.